The first-order chi connectivity index (χ1) is 20.3. The van der Waals surface area contributed by atoms with Crippen LogP contribution in [0.5, 0.6) is 11.6 Å². The molecule has 234 valence electrons. The number of aryl methyl sites for hydroxylation is 1. The molecule has 6 rings (SSSR count). The third-order valence-corrected chi connectivity index (χ3v) is 8.26. The van der Waals surface area contributed by atoms with Crippen molar-refractivity contribution in [2.75, 3.05) is 24.5 Å². The van der Waals surface area contributed by atoms with Crippen molar-refractivity contribution in [3.05, 3.63) is 76.0 Å². The molecule has 44 heavy (non-hydrogen) atoms. The average molecular weight is 681 g/mol. The van der Waals surface area contributed by atoms with Crippen LogP contribution in [0.4, 0.5) is 5.95 Å². The number of anilines is 1. The van der Waals surface area contributed by atoms with Crippen LogP contribution in [0, 0.1) is 5.92 Å². The molecule has 5 heterocycles. The third kappa shape index (κ3) is 8.11. The van der Waals surface area contributed by atoms with E-state index in [4.69, 9.17) is 38.0 Å². The van der Waals surface area contributed by atoms with Crippen LogP contribution in [0.3, 0.4) is 0 Å². The number of ether oxygens (including phenoxy) is 1. The van der Waals surface area contributed by atoms with Crippen molar-refractivity contribution in [3.8, 4) is 22.9 Å². The lowest BCUT2D eigenvalue weighted by Crippen LogP contribution is -2.33. The summed E-state index contributed by atoms with van der Waals surface area (Å²) in [5.41, 5.74) is 4.78. The van der Waals surface area contributed by atoms with E-state index in [1.54, 1.807) is 18.5 Å². The normalized spacial score (nSPS) is 15.2. The van der Waals surface area contributed by atoms with Crippen molar-refractivity contribution in [1.82, 2.24) is 29.4 Å². The summed E-state index contributed by atoms with van der Waals surface area (Å²) in [6.45, 7) is 3.85. The Balaban J connectivity index is 0.00000221. The van der Waals surface area contributed by atoms with E-state index < -0.39 is 5.97 Å². The number of benzene rings is 1. The monoisotopic (exact) mass is 679 g/mol. The molecule has 0 saturated carbocycles. The van der Waals surface area contributed by atoms with Crippen molar-refractivity contribution in [1.29, 1.82) is 0 Å². The van der Waals surface area contributed by atoms with Gasteiger partial charge in [0.05, 0.1) is 42.3 Å². The van der Waals surface area contributed by atoms with Gasteiger partial charge in [0, 0.05) is 54.7 Å². The van der Waals surface area contributed by atoms with Crippen molar-refractivity contribution in [3.63, 3.8) is 0 Å². The summed E-state index contributed by atoms with van der Waals surface area (Å²) in [6, 6.07) is 9.27. The highest BCUT2D eigenvalue weighted by atomic mass is 35.5. The van der Waals surface area contributed by atoms with E-state index in [1.165, 1.54) is 5.69 Å². The summed E-state index contributed by atoms with van der Waals surface area (Å²) in [5.74, 6) is 1.01. The Morgan fingerprint density at radius 2 is 1.70 bits per heavy atom. The summed E-state index contributed by atoms with van der Waals surface area (Å²) in [7, 11) is 2.00. The van der Waals surface area contributed by atoms with Gasteiger partial charge in [-0.25, -0.2) is 19.9 Å². The summed E-state index contributed by atoms with van der Waals surface area (Å²) in [5, 5.41) is 10.2. The second-order valence-corrected chi connectivity index (χ2v) is 11.8. The van der Waals surface area contributed by atoms with Gasteiger partial charge in [-0.3, -0.25) is 9.69 Å². The molecule has 3 aromatic heterocycles. The molecule has 0 amide bonds. The van der Waals surface area contributed by atoms with Crippen LogP contribution in [0.15, 0.2) is 49.1 Å². The fraction of sp³-hybridized carbons (Fsp3) is 0.367. The zero-order valence-corrected chi connectivity index (χ0v) is 27.2. The molecule has 0 radical (unpaired) electrons. The van der Waals surface area contributed by atoms with Gasteiger partial charge in [0.2, 0.25) is 11.8 Å². The number of aromatic nitrogens is 5. The predicted octanol–water partition coefficient (Wildman–Crippen LogP) is 6.46. The second-order valence-electron chi connectivity index (χ2n) is 10.9. The summed E-state index contributed by atoms with van der Waals surface area (Å²) < 4.78 is 8.22. The van der Waals surface area contributed by atoms with E-state index in [0.29, 0.717) is 46.4 Å². The van der Waals surface area contributed by atoms with Gasteiger partial charge >= 0.3 is 5.97 Å². The number of fused-ring (bicyclic) bond motifs is 1. The highest BCUT2D eigenvalue weighted by Gasteiger charge is 2.23. The number of carboxylic acid groups (broad SMARTS) is 1. The molecule has 2 aliphatic heterocycles. The summed E-state index contributed by atoms with van der Waals surface area (Å²) in [4.78, 5) is 34.0. The Kier molecular flexibility index (Phi) is 11.3. The number of rotatable bonds is 8. The zero-order valence-electron chi connectivity index (χ0n) is 24.0. The standard InChI is InChI=1S/C30H31Cl2N7O3.2ClH/c1-37-18-35-25-4-7-39(17-27(25)37)30-33-14-24(15-34-30)42-28-9-20(16-38-5-2-19(3-6-38)10-29(40)41)8-26(36-28)21-11-22(31)13-23(32)12-21;;/h8-9,11-15,18-19H,2-7,10,16-17H2,1H3,(H,40,41);2*1H. The van der Waals surface area contributed by atoms with E-state index in [-0.39, 0.29) is 37.2 Å². The maximum Gasteiger partial charge on any atom is 0.303 e. The zero-order chi connectivity index (χ0) is 29.2. The van der Waals surface area contributed by atoms with Gasteiger partial charge in [-0.15, -0.1) is 24.8 Å². The molecule has 10 nitrogen and oxygen atoms in total. The Morgan fingerprint density at radius 3 is 2.39 bits per heavy atom. The van der Waals surface area contributed by atoms with E-state index in [9.17, 15) is 4.79 Å². The van der Waals surface area contributed by atoms with E-state index >= 15 is 0 Å². The van der Waals surface area contributed by atoms with E-state index in [0.717, 1.165) is 55.7 Å². The summed E-state index contributed by atoms with van der Waals surface area (Å²) in [6.07, 6.45) is 7.98. The molecule has 0 bridgehead atoms. The van der Waals surface area contributed by atoms with Crippen LogP contribution >= 0.6 is 48.0 Å². The molecule has 0 spiro atoms. The van der Waals surface area contributed by atoms with Crippen molar-refractivity contribution >= 4 is 59.9 Å². The fourth-order valence-corrected chi connectivity index (χ4v) is 6.17. The number of aliphatic carboxylic acids is 1. The van der Waals surface area contributed by atoms with E-state index in [2.05, 4.69) is 24.8 Å². The van der Waals surface area contributed by atoms with Crippen molar-refractivity contribution in [2.24, 2.45) is 13.0 Å². The number of nitrogens with zero attached hydrogens (tertiary/aromatic N) is 7. The minimum atomic E-state index is -0.732. The van der Waals surface area contributed by atoms with Crippen LogP contribution in [-0.2, 0) is 31.4 Å². The number of imidazole rings is 1. The van der Waals surface area contributed by atoms with Crippen LogP contribution < -0.4 is 9.64 Å². The van der Waals surface area contributed by atoms with Gasteiger partial charge in [-0.2, -0.15) is 0 Å². The topological polar surface area (TPSA) is 110 Å². The lowest BCUT2D eigenvalue weighted by molar-refractivity contribution is -0.138. The van der Waals surface area contributed by atoms with Crippen molar-refractivity contribution in [2.45, 2.75) is 38.8 Å². The fourth-order valence-electron chi connectivity index (χ4n) is 5.64. The molecular formula is C30H33Cl4N7O3. The Labute approximate surface area is 278 Å². The number of pyridine rings is 1. The van der Waals surface area contributed by atoms with Crippen LogP contribution in [0.2, 0.25) is 10.0 Å². The SMILES string of the molecule is Cl.Cl.Cn1cnc2c1CN(c1ncc(Oc3cc(CN4CCC(CC(=O)O)CC4)cc(-c4cc(Cl)cc(Cl)c4)n3)cn1)CC2. The van der Waals surface area contributed by atoms with E-state index in [1.807, 2.05) is 42.2 Å². The number of piperidine rings is 1. The minimum Gasteiger partial charge on any atom is -0.481 e. The smallest absolute Gasteiger partial charge is 0.303 e. The molecule has 14 heteroatoms. The van der Waals surface area contributed by atoms with Gasteiger partial charge < -0.3 is 19.3 Å². The maximum atomic E-state index is 11.1. The van der Waals surface area contributed by atoms with Crippen molar-refractivity contribution < 1.29 is 14.6 Å². The Bertz CT molecular complexity index is 1570. The lowest BCUT2D eigenvalue weighted by atomic mass is 9.93. The highest BCUT2D eigenvalue weighted by Crippen LogP contribution is 2.31. The number of hydrogen-bond acceptors (Lipinski definition) is 8. The molecule has 1 aromatic carbocycles. The average Bonchev–Trinajstić information content (AvgIpc) is 3.33. The molecule has 0 atom stereocenters. The number of carboxylic acids is 1. The van der Waals surface area contributed by atoms with Gasteiger partial charge in [0.25, 0.3) is 0 Å². The van der Waals surface area contributed by atoms with Gasteiger partial charge in [-0.05, 0) is 61.7 Å². The predicted molar refractivity (Wildman–Crippen MR) is 175 cm³/mol. The first-order valence-corrected chi connectivity index (χ1v) is 14.7. The first-order valence-electron chi connectivity index (χ1n) is 13.9. The molecule has 1 N–H and O–H groups in total. The number of halogens is 4. The maximum absolute atomic E-state index is 11.1. The Morgan fingerprint density at radius 1 is 1.00 bits per heavy atom. The summed E-state index contributed by atoms with van der Waals surface area (Å²) >= 11 is 12.6. The van der Waals surface area contributed by atoms with Gasteiger partial charge in [0.15, 0.2) is 5.75 Å². The van der Waals surface area contributed by atoms with Gasteiger partial charge in [-0.1, -0.05) is 23.2 Å². The highest BCUT2D eigenvalue weighted by molar-refractivity contribution is 6.35. The molecular weight excluding hydrogens is 648 g/mol. The molecule has 0 aliphatic carbocycles. The number of likely N-dealkylation sites (tertiary alicyclic amines) is 1. The van der Waals surface area contributed by atoms with Crippen LogP contribution in [-0.4, -0.2) is 60.1 Å². The van der Waals surface area contributed by atoms with Crippen LogP contribution in [0.25, 0.3) is 11.3 Å². The molecule has 0 unspecified atom stereocenters. The molecule has 1 fully saturated rings. The lowest BCUT2D eigenvalue weighted by Gasteiger charge is -2.31. The molecule has 1 saturated heterocycles. The van der Waals surface area contributed by atoms with Gasteiger partial charge in [0.1, 0.15) is 0 Å². The quantitative estimate of drug-likeness (QED) is 0.224. The Hall–Kier alpha value is -3.15. The minimum absolute atomic E-state index is 0. The second kappa shape index (κ2) is 14.8. The van der Waals surface area contributed by atoms with Crippen LogP contribution in [0.1, 0.15) is 36.2 Å². The number of carbonyl (C=O) groups is 1. The molecule has 2 aliphatic rings. The first kappa shape index (κ1) is 33.7. The number of hydrogen-bond donors (Lipinski definition) is 1. The molecule has 4 aromatic rings. The largest absolute Gasteiger partial charge is 0.481 e. The third-order valence-electron chi connectivity index (χ3n) is 7.82.